The normalized spacial score (nSPS) is 18.0. The summed E-state index contributed by atoms with van der Waals surface area (Å²) in [5.41, 5.74) is 12.8. The summed E-state index contributed by atoms with van der Waals surface area (Å²) >= 11 is 1.35. The van der Waals surface area contributed by atoms with Crippen molar-refractivity contribution in [1.82, 2.24) is 9.88 Å². The highest BCUT2D eigenvalue weighted by Gasteiger charge is 2.26. The Kier molecular flexibility index (Phi) is 4.84. The van der Waals surface area contributed by atoms with Crippen LogP contribution in [0.4, 0.5) is 10.9 Å². The molecule has 0 saturated carbocycles. The molecule has 0 bridgehead atoms. The molecule has 0 radical (unpaired) electrons. The molecule has 1 fully saturated rings. The fourth-order valence-corrected chi connectivity index (χ4v) is 3.35. The third kappa shape index (κ3) is 3.54. The van der Waals surface area contributed by atoms with Gasteiger partial charge in [0, 0.05) is 32.2 Å². The summed E-state index contributed by atoms with van der Waals surface area (Å²) in [6.07, 6.45) is 0.944. The SMILES string of the molecule is C=C(C)CN(CC)C(=O)c1sc(N2CCC(N)C2)nc1N. The van der Waals surface area contributed by atoms with E-state index in [9.17, 15) is 4.79 Å². The minimum atomic E-state index is -0.0785. The van der Waals surface area contributed by atoms with E-state index in [-0.39, 0.29) is 11.9 Å². The molecular weight excluding hydrogens is 286 g/mol. The number of anilines is 2. The number of thiazole rings is 1. The van der Waals surface area contributed by atoms with Gasteiger partial charge in [0.1, 0.15) is 10.7 Å². The molecule has 2 rings (SSSR count). The third-order valence-corrected chi connectivity index (χ3v) is 4.58. The number of nitrogens with two attached hydrogens (primary N) is 2. The van der Waals surface area contributed by atoms with Gasteiger partial charge in [0.25, 0.3) is 5.91 Å². The highest BCUT2D eigenvalue weighted by molar-refractivity contribution is 7.18. The Hall–Kier alpha value is -1.60. The molecular formula is C14H23N5OS. The lowest BCUT2D eigenvalue weighted by Gasteiger charge is -2.20. The number of carbonyl (C=O) groups excluding carboxylic acids is 1. The average Bonchev–Trinajstić information content (AvgIpc) is 3.01. The summed E-state index contributed by atoms with van der Waals surface area (Å²) in [7, 11) is 0. The molecule has 0 aromatic carbocycles. The molecule has 1 aliphatic heterocycles. The number of amides is 1. The highest BCUT2D eigenvalue weighted by Crippen LogP contribution is 2.31. The fraction of sp³-hybridized carbons (Fsp3) is 0.571. The van der Waals surface area contributed by atoms with Gasteiger partial charge in [-0.1, -0.05) is 23.5 Å². The molecule has 1 aromatic rings. The monoisotopic (exact) mass is 309 g/mol. The quantitative estimate of drug-likeness (QED) is 0.800. The van der Waals surface area contributed by atoms with Crippen molar-refractivity contribution in [2.24, 2.45) is 5.73 Å². The van der Waals surface area contributed by atoms with Gasteiger partial charge >= 0.3 is 0 Å². The minimum Gasteiger partial charge on any atom is -0.382 e. The van der Waals surface area contributed by atoms with Crippen molar-refractivity contribution in [1.29, 1.82) is 0 Å². The number of nitrogen functional groups attached to an aromatic ring is 1. The summed E-state index contributed by atoms with van der Waals surface area (Å²) in [6.45, 7) is 10.5. The number of hydrogen-bond acceptors (Lipinski definition) is 6. The lowest BCUT2D eigenvalue weighted by Crippen LogP contribution is -2.32. The van der Waals surface area contributed by atoms with E-state index < -0.39 is 0 Å². The molecule has 6 nitrogen and oxygen atoms in total. The van der Waals surface area contributed by atoms with E-state index in [1.54, 1.807) is 4.90 Å². The van der Waals surface area contributed by atoms with Crippen LogP contribution in [-0.4, -0.2) is 48.0 Å². The van der Waals surface area contributed by atoms with Crippen molar-refractivity contribution < 1.29 is 4.79 Å². The Morgan fingerprint density at radius 3 is 2.86 bits per heavy atom. The maximum absolute atomic E-state index is 12.6. The number of nitrogens with zero attached hydrogens (tertiary/aromatic N) is 3. The number of aromatic nitrogens is 1. The lowest BCUT2D eigenvalue weighted by atomic mass is 10.3. The second-order valence-electron chi connectivity index (χ2n) is 5.48. The second kappa shape index (κ2) is 6.44. The first kappa shape index (κ1) is 15.8. The molecule has 1 aliphatic rings. The smallest absolute Gasteiger partial charge is 0.268 e. The summed E-state index contributed by atoms with van der Waals surface area (Å²) in [4.78, 5) is 21.2. The maximum atomic E-state index is 12.6. The molecule has 1 unspecified atom stereocenters. The van der Waals surface area contributed by atoms with Crippen LogP contribution in [0.5, 0.6) is 0 Å². The molecule has 21 heavy (non-hydrogen) atoms. The van der Waals surface area contributed by atoms with E-state index in [0.29, 0.717) is 23.8 Å². The van der Waals surface area contributed by atoms with E-state index in [1.165, 1.54) is 11.3 Å². The zero-order chi connectivity index (χ0) is 15.6. The molecule has 0 aliphatic carbocycles. The van der Waals surface area contributed by atoms with Gasteiger partial charge in [-0.15, -0.1) is 0 Å². The number of rotatable bonds is 5. The molecule has 0 spiro atoms. The van der Waals surface area contributed by atoms with Crippen LogP contribution in [0.15, 0.2) is 12.2 Å². The topological polar surface area (TPSA) is 88.5 Å². The zero-order valence-corrected chi connectivity index (χ0v) is 13.4. The first-order valence-electron chi connectivity index (χ1n) is 7.12. The van der Waals surface area contributed by atoms with Crippen LogP contribution in [0.3, 0.4) is 0 Å². The number of hydrogen-bond donors (Lipinski definition) is 2. The predicted octanol–water partition coefficient (Wildman–Crippen LogP) is 1.30. The van der Waals surface area contributed by atoms with Gasteiger partial charge in [-0.05, 0) is 20.3 Å². The summed E-state index contributed by atoms with van der Waals surface area (Å²) in [6, 6.07) is 0.171. The van der Waals surface area contributed by atoms with Crippen LogP contribution in [-0.2, 0) is 0 Å². The summed E-state index contributed by atoms with van der Waals surface area (Å²) in [5, 5.41) is 0.787. The molecule has 7 heteroatoms. The molecule has 2 heterocycles. The molecule has 1 aromatic heterocycles. The van der Waals surface area contributed by atoms with E-state index in [2.05, 4.69) is 16.5 Å². The van der Waals surface area contributed by atoms with Crippen molar-refractivity contribution in [2.75, 3.05) is 36.8 Å². The van der Waals surface area contributed by atoms with Crippen molar-refractivity contribution in [3.05, 3.63) is 17.0 Å². The highest BCUT2D eigenvalue weighted by atomic mass is 32.1. The lowest BCUT2D eigenvalue weighted by molar-refractivity contribution is 0.0784. The Bertz CT molecular complexity index is 541. The molecule has 1 saturated heterocycles. The van der Waals surface area contributed by atoms with E-state index in [0.717, 1.165) is 30.2 Å². The third-order valence-electron chi connectivity index (χ3n) is 3.46. The molecule has 116 valence electrons. The first-order valence-corrected chi connectivity index (χ1v) is 7.94. The van der Waals surface area contributed by atoms with Gasteiger partial charge in [-0.25, -0.2) is 4.98 Å². The Morgan fingerprint density at radius 1 is 1.62 bits per heavy atom. The van der Waals surface area contributed by atoms with E-state index in [4.69, 9.17) is 11.5 Å². The first-order chi connectivity index (χ1) is 9.92. The van der Waals surface area contributed by atoms with Crippen LogP contribution in [0.1, 0.15) is 29.9 Å². The van der Waals surface area contributed by atoms with Crippen LogP contribution in [0.25, 0.3) is 0 Å². The average molecular weight is 309 g/mol. The summed E-state index contributed by atoms with van der Waals surface area (Å²) in [5.74, 6) is 0.228. The largest absolute Gasteiger partial charge is 0.382 e. The van der Waals surface area contributed by atoms with Gasteiger partial charge in [0.05, 0.1) is 0 Å². The van der Waals surface area contributed by atoms with Gasteiger partial charge < -0.3 is 21.3 Å². The maximum Gasteiger partial charge on any atom is 0.268 e. The Morgan fingerprint density at radius 2 is 2.33 bits per heavy atom. The van der Waals surface area contributed by atoms with Crippen molar-refractivity contribution in [2.45, 2.75) is 26.3 Å². The van der Waals surface area contributed by atoms with E-state index in [1.807, 2.05) is 13.8 Å². The van der Waals surface area contributed by atoms with Gasteiger partial charge in [-0.2, -0.15) is 0 Å². The van der Waals surface area contributed by atoms with Crippen LogP contribution in [0.2, 0.25) is 0 Å². The van der Waals surface area contributed by atoms with Crippen molar-refractivity contribution in [3.8, 4) is 0 Å². The Labute approximate surface area is 129 Å². The van der Waals surface area contributed by atoms with Crippen LogP contribution in [0, 0.1) is 0 Å². The van der Waals surface area contributed by atoms with Gasteiger partial charge in [-0.3, -0.25) is 4.79 Å². The number of likely N-dealkylation sites (N-methyl/N-ethyl adjacent to an activating group) is 1. The van der Waals surface area contributed by atoms with Crippen LogP contribution >= 0.6 is 11.3 Å². The predicted molar refractivity (Wildman–Crippen MR) is 87.7 cm³/mol. The molecule has 1 amide bonds. The number of carbonyl (C=O) groups is 1. The summed E-state index contributed by atoms with van der Waals surface area (Å²) < 4.78 is 0. The Balaban J connectivity index is 2.18. The minimum absolute atomic E-state index is 0.0785. The fourth-order valence-electron chi connectivity index (χ4n) is 2.37. The van der Waals surface area contributed by atoms with Crippen LogP contribution < -0.4 is 16.4 Å². The van der Waals surface area contributed by atoms with Crippen molar-refractivity contribution in [3.63, 3.8) is 0 Å². The standard InChI is InChI=1S/C14H23N5OS/c1-4-18(7-9(2)3)13(20)11-12(16)17-14(21-11)19-6-5-10(15)8-19/h10H,2,4-8,15-16H2,1,3H3. The molecule has 1 atom stereocenters. The molecule has 4 N–H and O–H groups in total. The second-order valence-corrected chi connectivity index (χ2v) is 6.46. The van der Waals surface area contributed by atoms with Gasteiger partial charge in [0.15, 0.2) is 5.13 Å². The van der Waals surface area contributed by atoms with Gasteiger partial charge in [0.2, 0.25) is 0 Å². The zero-order valence-electron chi connectivity index (χ0n) is 12.6. The van der Waals surface area contributed by atoms with E-state index >= 15 is 0 Å². The van der Waals surface area contributed by atoms with Crippen molar-refractivity contribution >= 4 is 28.2 Å².